The van der Waals surface area contributed by atoms with Gasteiger partial charge in [0.25, 0.3) is 15.9 Å². The number of hydrogen-bond donors (Lipinski definition) is 0. The zero-order valence-corrected chi connectivity index (χ0v) is 22.1. The first-order chi connectivity index (χ1) is 17.4. The fourth-order valence-electron chi connectivity index (χ4n) is 4.30. The van der Waals surface area contributed by atoms with E-state index in [9.17, 15) is 13.2 Å². The molecule has 1 fully saturated rings. The van der Waals surface area contributed by atoms with Crippen molar-refractivity contribution in [1.82, 2.24) is 9.88 Å². The molecular formula is C26H25ClN4O3S2. The average molecular weight is 541 g/mol. The van der Waals surface area contributed by atoms with Crippen molar-refractivity contribution in [2.24, 2.45) is 0 Å². The highest BCUT2D eigenvalue weighted by Crippen LogP contribution is 2.33. The number of rotatable bonds is 6. The van der Waals surface area contributed by atoms with Crippen LogP contribution in [-0.2, 0) is 10.0 Å². The second-order valence-corrected chi connectivity index (χ2v) is 11.7. The summed E-state index contributed by atoms with van der Waals surface area (Å²) in [5.74, 6) is -0.110. The molecule has 1 aliphatic rings. The van der Waals surface area contributed by atoms with Gasteiger partial charge in [-0.05, 0) is 55.5 Å². The van der Waals surface area contributed by atoms with E-state index in [1.807, 2.05) is 24.3 Å². The van der Waals surface area contributed by atoms with Crippen LogP contribution in [0, 0.1) is 0 Å². The van der Waals surface area contributed by atoms with Crippen molar-refractivity contribution in [2.45, 2.75) is 11.8 Å². The lowest BCUT2D eigenvalue weighted by molar-refractivity contribution is 0.0746. The molecule has 0 N–H and O–H groups in total. The number of aromatic nitrogens is 1. The van der Waals surface area contributed by atoms with Gasteiger partial charge in [0.2, 0.25) is 0 Å². The molecule has 0 bridgehead atoms. The first-order valence-corrected chi connectivity index (χ1v) is 14.3. The molecule has 5 rings (SSSR count). The second kappa shape index (κ2) is 10.1. The first-order valence-electron chi connectivity index (χ1n) is 11.7. The third-order valence-electron chi connectivity index (χ3n) is 6.22. The standard InChI is InChI=1S/C26H25ClN4O3S2/c1-2-31(20-7-4-3-5-8-20)36(33,34)21-13-11-19(12-14-21)25(32)29-15-17-30(18-16-29)26-28-24-22(27)9-6-10-23(24)35-26/h3-14H,2,15-18H2,1H3. The van der Waals surface area contributed by atoms with Crippen LogP contribution >= 0.6 is 22.9 Å². The van der Waals surface area contributed by atoms with Crippen molar-refractivity contribution >= 4 is 59.9 Å². The molecule has 1 aliphatic heterocycles. The predicted molar refractivity (Wildman–Crippen MR) is 146 cm³/mol. The summed E-state index contributed by atoms with van der Waals surface area (Å²) in [5.41, 5.74) is 1.88. The summed E-state index contributed by atoms with van der Waals surface area (Å²) < 4.78 is 28.8. The van der Waals surface area contributed by atoms with E-state index in [-0.39, 0.29) is 10.8 Å². The van der Waals surface area contributed by atoms with Crippen LogP contribution in [0.4, 0.5) is 10.8 Å². The minimum atomic E-state index is -3.74. The molecular weight excluding hydrogens is 516 g/mol. The number of thiazole rings is 1. The molecule has 0 unspecified atom stereocenters. The highest BCUT2D eigenvalue weighted by molar-refractivity contribution is 7.92. The maximum Gasteiger partial charge on any atom is 0.264 e. The monoisotopic (exact) mass is 540 g/mol. The van der Waals surface area contributed by atoms with E-state index in [0.717, 1.165) is 15.3 Å². The van der Waals surface area contributed by atoms with Gasteiger partial charge in [0.1, 0.15) is 5.52 Å². The van der Waals surface area contributed by atoms with Gasteiger partial charge in [0, 0.05) is 38.3 Å². The lowest BCUT2D eigenvalue weighted by atomic mass is 10.2. The number of benzene rings is 3. The van der Waals surface area contributed by atoms with E-state index in [0.29, 0.717) is 49.0 Å². The number of nitrogens with zero attached hydrogens (tertiary/aromatic N) is 4. The Labute approximate surface area is 219 Å². The van der Waals surface area contributed by atoms with Gasteiger partial charge in [0.05, 0.1) is 20.3 Å². The molecule has 0 aliphatic carbocycles. The molecule has 1 amide bonds. The third kappa shape index (κ3) is 4.66. The Hall–Kier alpha value is -3.14. The molecule has 0 saturated carbocycles. The maximum atomic E-state index is 13.2. The number of para-hydroxylation sites is 2. The average Bonchev–Trinajstić information content (AvgIpc) is 3.35. The largest absolute Gasteiger partial charge is 0.345 e. The van der Waals surface area contributed by atoms with Gasteiger partial charge < -0.3 is 9.80 Å². The van der Waals surface area contributed by atoms with Crippen LogP contribution in [0.25, 0.3) is 10.2 Å². The highest BCUT2D eigenvalue weighted by Gasteiger charge is 2.26. The topological polar surface area (TPSA) is 73.8 Å². The minimum absolute atomic E-state index is 0.110. The Bertz CT molecular complexity index is 1480. The Kier molecular flexibility index (Phi) is 6.87. The molecule has 3 aromatic carbocycles. The number of fused-ring (bicyclic) bond motifs is 1. The fraction of sp³-hybridized carbons (Fsp3) is 0.231. The van der Waals surface area contributed by atoms with Crippen LogP contribution in [0.15, 0.2) is 77.7 Å². The van der Waals surface area contributed by atoms with Gasteiger partial charge in [-0.3, -0.25) is 9.10 Å². The molecule has 1 aromatic heterocycles. The van der Waals surface area contributed by atoms with E-state index in [1.165, 1.54) is 16.4 Å². The summed E-state index contributed by atoms with van der Waals surface area (Å²) in [5, 5.41) is 1.54. The fourth-order valence-corrected chi connectivity index (χ4v) is 7.09. The lowest BCUT2D eigenvalue weighted by Crippen LogP contribution is -2.48. The minimum Gasteiger partial charge on any atom is -0.345 e. The number of amides is 1. The number of sulfonamides is 1. The Morgan fingerprint density at radius 3 is 2.31 bits per heavy atom. The number of halogens is 1. The van der Waals surface area contributed by atoms with E-state index in [4.69, 9.17) is 11.6 Å². The van der Waals surface area contributed by atoms with Crippen LogP contribution in [0.2, 0.25) is 5.02 Å². The normalized spacial score (nSPS) is 14.3. The Morgan fingerprint density at radius 2 is 1.67 bits per heavy atom. The summed E-state index contributed by atoms with van der Waals surface area (Å²) in [4.78, 5) is 21.9. The number of carbonyl (C=O) groups is 1. The maximum absolute atomic E-state index is 13.2. The van der Waals surface area contributed by atoms with E-state index >= 15 is 0 Å². The van der Waals surface area contributed by atoms with Crippen molar-refractivity contribution in [2.75, 3.05) is 41.9 Å². The Morgan fingerprint density at radius 1 is 0.972 bits per heavy atom. The molecule has 0 atom stereocenters. The van der Waals surface area contributed by atoms with E-state index < -0.39 is 10.0 Å². The molecule has 36 heavy (non-hydrogen) atoms. The van der Waals surface area contributed by atoms with Crippen LogP contribution in [0.3, 0.4) is 0 Å². The molecule has 2 heterocycles. The molecule has 10 heteroatoms. The van der Waals surface area contributed by atoms with Crippen LogP contribution in [0.5, 0.6) is 0 Å². The summed E-state index contributed by atoms with van der Waals surface area (Å²) >= 11 is 7.87. The zero-order valence-electron chi connectivity index (χ0n) is 19.7. The number of anilines is 2. The third-order valence-corrected chi connectivity index (χ3v) is 9.52. The summed E-state index contributed by atoms with van der Waals surface area (Å²) in [6, 6.07) is 21.0. The summed E-state index contributed by atoms with van der Waals surface area (Å²) in [6.07, 6.45) is 0. The van der Waals surface area contributed by atoms with Gasteiger partial charge in [-0.2, -0.15) is 0 Å². The molecule has 4 aromatic rings. The van der Waals surface area contributed by atoms with Crippen molar-refractivity contribution in [3.8, 4) is 0 Å². The van der Waals surface area contributed by atoms with Crippen LogP contribution in [-0.4, -0.2) is 56.9 Å². The quantitative estimate of drug-likeness (QED) is 0.339. The van der Waals surface area contributed by atoms with Gasteiger partial charge in [-0.15, -0.1) is 0 Å². The molecule has 1 saturated heterocycles. The highest BCUT2D eigenvalue weighted by atomic mass is 35.5. The van der Waals surface area contributed by atoms with Gasteiger partial charge in [-0.25, -0.2) is 13.4 Å². The van der Waals surface area contributed by atoms with Gasteiger partial charge in [0.15, 0.2) is 5.13 Å². The van der Waals surface area contributed by atoms with E-state index in [2.05, 4.69) is 9.88 Å². The summed E-state index contributed by atoms with van der Waals surface area (Å²) in [7, 11) is -3.74. The first kappa shape index (κ1) is 24.5. The molecule has 0 radical (unpaired) electrons. The number of hydrogen-bond acceptors (Lipinski definition) is 6. The molecule has 0 spiro atoms. The van der Waals surface area contributed by atoms with Crippen LogP contribution in [0.1, 0.15) is 17.3 Å². The summed E-state index contributed by atoms with van der Waals surface area (Å²) in [6.45, 7) is 4.54. The van der Waals surface area contributed by atoms with Crippen molar-refractivity contribution in [3.05, 3.63) is 83.4 Å². The van der Waals surface area contributed by atoms with Gasteiger partial charge in [-0.1, -0.05) is 47.2 Å². The van der Waals surface area contributed by atoms with Crippen LogP contribution < -0.4 is 9.21 Å². The van der Waals surface area contributed by atoms with Crippen molar-refractivity contribution in [1.29, 1.82) is 0 Å². The van der Waals surface area contributed by atoms with Crippen molar-refractivity contribution in [3.63, 3.8) is 0 Å². The second-order valence-electron chi connectivity index (χ2n) is 8.39. The molecule has 7 nitrogen and oxygen atoms in total. The predicted octanol–water partition coefficient (Wildman–Crippen LogP) is 5.13. The SMILES string of the molecule is CCN(c1ccccc1)S(=O)(=O)c1ccc(C(=O)N2CCN(c3nc4c(Cl)cccc4s3)CC2)cc1. The van der Waals surface area contributed by atoms with Crippen molar-refractivity contribution < 1.29 is 13.2 Å². The number of piperazine rings is 1. The van der Waals surface area contributed by atoms with E-state index in [1.54, 1.807) is 59.6 Å². The Balaban J connectivity index is 1.26. The zero-order chi connectivity index (χ0) is 25.3. The smallest absolute Gasteiger partial charge is 0.264 e. The lowest BCUT2D eigenvalue weighted by Gasteiger charge is -2.34. The number of carbonyl (C=O) groups excluding carboxylic acids is 1. The van der Waals surface area contributed by atoms with Gasteiger partial charge >= 0.3 is 0 Å². The molecule has 186 valence electrons.